The molecule has 108 valence electrons. The number of rotatable bonds is 2. The van der Waals surface area contributed by atoms with Crippen LogP contribution >= 0.6 is 31.9 Å². The average molecular weight is 412 g/mol. The number of ether oxygens (including phenoxy) is 1. The molecule has 4 nitrogen and oxygen atoms in total. The van der Waals surface area contributed by atoms with Gasteiger partial charge in [-0.15, -0.1) is 0 Å². The fourth-order valence-corrected chi connectivity index (χ4v) is 3.21. The molecule has 3 rings (SSSR count). The molecule has 2 aromatic carbocycles. The van der Waals surface area contributed by atoms with Gasteiger partial charge in [0.15, 0.2) is 6.61 Å². The van der Waals surface area contributed by atoms with E-state index in [1.54, 1.807) is 4.90 Å². The molecule has 0 saturated carbocycles. The summed E-state index contributed by atoms with van der Waals surface area (Å²) in [6.07, 6.45) is 0. The lowest BCUT2D eigenvalue weighted by atomic mass is 10.1. The van der Waals surface area contributed by atoms with Crippen LogP contribution in [0.1, 0.15) is 5.56 Å². The van der Waals surface area contributed by atoms with Gasteiger partial charge in [0.05, 0.1) is 12.2 Å². The second-order valence-electron chi connectivity index (χ2n) is 4.77. The van der Waals surface area contributed by atoms with Crippen molar-refractivity contribution in [2.24, 2.45) is 0 Å². The minimum Gasteiger partial charge on any atom is -0.482 e. The summed E-state index contributed by atoms with van der Waals surface area (Å²) in [7, 11) is 0. The predicted octanol–water partition coefficient (Wildman–Crippen LogP) is 3.72. The number of nitrogen functional groups attached to an aromatic ring is 1. The topological polar surface area (TPSA) is 55.6 Å². The normalized spacial score (nSPS) is 13.8. The van der Waals surface area contributed by atoms with Crippen LogP contribution in [0.15, 0.2) is 45.3 Å². The molecule has 0 spiro atoms. The molecule has 0 bridgehead atoms. The van der Waals surface area contributed by atoms with Crippen LogP contribution in [0, 0.1) is 0 Å². The van der Waals surface area contributed by atoms with Crippen molar-refractivity contribution in [3.8, 4) is 5.75 Å². The molecule has 0 aliphatic carbocycles. The maximum absolute atomic E-state index is 12.2. The number of hydrogen-bond acceptors (Lipinski definition) is 3. The van der Waals surface area contributed by atoms with Crippen LogP contribution in [0.4, 0.5) is 11.4 Å². The Hall–Kier alpha value is -1.53. The number of carbonyl (C=O) groups is 1. The molecule has 0 unspecified atom stereocenters. The van der Waals surface area contributed by atoms with Gasteiger partial charge in [-0.1, -0.05) is 31.9 Å². The fraction of sp³-hybridized carbons (Fsp3) is 0.133. The lowest BCUT2D eigenvalue weighted by Crippen LogP contribution is -2.38. The molecule has 2 N–H and O–H groups in total. The Morgan fingerprint density at radius 1 is 1.14 bits per heavy atom. The number of benzene rings is 2. The number of amides is 1. The van der Waals surface area contributed by atoms with Gasteiger partial charge < -0.3 is 15.4 Å². The monoisotopic (exact) mass is 410 g/mol. The zero-order chi connectivity index (χ0) is 15.0. The third-order valence-electron chi connectivity index (χ3n) is 3.18. The first-order chi connectivity index (χ1) is 10.0. The van der Waals surface area contributed by atoms with Gasteiger partial charge in [-0.3, -0.25) is 4.79 Å². The second-order valence-corrected chi connectivity index (χ2v) is 6.60. The van der Waals surface area contributed by atoms with Gasteiger partial charge in [0, 0.05) is 14.6 Å². The van der Waals surface area contributed by atoms with Gasteiger partial charge >= 0.3 is 0 Å². The summed E-state index contributed by atoms with van der Waals surface area (Å²) in [5.74, 6) is 0.639. The molecule has 21 heavy (non-hydrogen) atoms. The predicted molar refractivity (Wildman–Crippen MR) is 89.4 cm³/mol. The lowest BCUT2D eigenvalue weighted by molar-refractivity contribution is -0.121. The molecule has 1 aliphatic rings. The van der Waals surface area contributed by atoms with E-state index in [1.807, 2.05) is 36.4 Å². The quantitative estimate of drug-likeness (QED) is 0.766. The summed E-state index contributed by atoms with van der Waals surface area (Å²) in [6, 6.07) is 11.3. The van der Waals surface area contributed by atoms with Crippen molar-refractivity contribution in [2.45, 2.75) is 6.54 Å². The molecular formula is C15H12Br2N2O2. The first kappa shape index (κ1) is 14.4. The second kappa shape index (κ2) is 5.69. The van der Waals surface area contributed by atoms with E-state index in [0.717, 1.165) is 20.2 Å². The maximum Gasteiger partial charge on any atom is 0.265 e. The highest BCUT2D eigenvalue weighted by molar-refractivity contribution is 9.10. The third kappa shape index (κ3) is 3.06. The van der Waals surface area contributed by atoms with E-state index in [2.05, 4.69) is 31.9 Å². The van der Waals surface area contributed by atoms with Crippen LogP contribution in [0.5, 0.6) is 5.75 Å². The summed E-state index contributed by atoms with van der Waals surface area (Å²) >= 11 is 6.85. The van der Waals surface area contributed by atoms with Gasteiger partial charge in [0.2, 0.25) is 0 Å². The molecule has 1 aliphatic heterocycles. The number of anilines is 2. The molecular weight excluding hydrogens is 400 g/mol. The van der Waals surface area contributed by atoms with Crippen molar-refractivity contribution >= 4 is 49.1 Å². The number of fused-ring (bicyclic) bond motifs is 1. The number of nitrogens with two attached hydrogens (primary N) is 1. The highest BCUT2D eigenvalue weighted by atomic mass is 79.9. The Balaban J connectivity index is 1.98. The number of hydrogen-bond donors (Lipinski definition) is 1. The lowest BCUT2D eigenvalue weighted by Gasteiger charge is -2.29. The van der Waals surface area contributed by atoms with E-state index in [1.165, 1.54) is 0 Å². The van der Waals surface area contributed by atoms with E-state index in [9.17, 15) is 4.79 Å². The molecule has 1 heterocycles. The van der Waals surface area contributed by atoms with Crippen molar-refractivity contribution < 1.29 is 9.53 Å². The van der Waals surface area contributed by atoms with Crippen LogP contribution < -0.4 is 15.4 Å². The summed E-state index contributed by atoms with van der Waals surface area (Å²) in [6.45, 7) is 0.507. The first-order valence-electron chi connectivity index (χ1n) is 6.30. The van der Waals surface area contributed by atoms with Crippen molar-refractivity contribution in [3.05, 3.63) is 50.9 Å². The summed E-state index contributed by atoms with van der Waals surface area (Å²) in [5.41, 5.74) is 8.24. The minimum absolute atomic E-state index is 0.0537. The Kier molecular flexibility index (Phi) is 3.91. The van der Waals surface area contributed by atoms with Crippen LogP contribution in [0.25, 0.3) is 0 Å². The molecule has 0 aromatic heterocycles. The summed E-state index contributed by atoms with van der Waals surface area (Å²) < 4.78 is 7.26. The zero-order valence-corrected chi connectivity index (χ0v) is 14.1. The maximum atomic E-state index is 12.2. The SMILES string of the molecule is Nc1cc(Br)cc(CN2C(=O)COc3ccc(Br)cc32)c1. The van der Waals surface area contributed by atoms with Gasteiger partial charge in [-0.25, -0.2) is 0 Å². The zero-order valence-electron chi connectivity index (χ0n) is 11.0. The Morgan fingerprint density at radius 2 is 1.95 bits per heavy atom. The van der Waals surface area contributed by atoms with Gasteiger partial charge in [0.25, 0.3) is 5.91 Å². The van der Waals surface area contributed by atoms with Gasteiger partial charge in [-0.2, -0.15) is 0 Å². The van der Waals surface area contributed by atoms with Crippen molar-refractivity contribution in [1.29, 1.82) is 0 Å². The average Bonchev–Trinajstić information content (AvgIpc) is 2.41. The van der Waals surface area contributed by atoms with E-state index >= 15 is 0 Å². The number of halogens is 2. The smallest absolute Gasteiger partial charge is 0.265 e. The highest BCUT2D eigenvalue weighted by Gasteiger charge is 2.25. The fourth-order valence-electron chi connectivity index (χ4n) is 2.30. The summed E-state index contributed by atoms with van der Waals surface area (Å²) in [5, 5.41) is 0. The first-order valence-corrected chi connectivity index (χ1v) is 7.89. The van der Waals surface area contributed by atoms with E-state index in [4.69, 9.17) is 10.5 Å². The minimum atomic E-state index is -0.0702. The van der Waals surface area contributed by atoms with Gasteiger partial charge in [0.1, 0.15) is 5.75 Å². The molecule has 2 aromatic rings. The Labute approximate surface area is 139 Å². The summed E-state index contributed by atoms with van der Waals surface area (Å²) in [4.78, 5) is 13.9. The van der Waals surface area contributed by atoms with Crippen LogP contribution in [0.3, 0.4) is 0 Å². The molecule has 0 radical (unpaired) electrons. The molecule has 0 atom stereocenters. The Bertz CT molecular complexity index is 699. The molecule has 1 amide bonds. The number of nitrogens with zero attached hydrogens (tertiary/aromatic N) is 1. The highest BCUT2D eigenvalue weighted by Crippen LogP contribution is 2.35. The van der Waals surface area contributed by atoms with Crippen LogP contribution in [-0.2, 0) is 11.3 Å². The Morgan fingerprint density at radius 3 is 2.71 bits per heavy atom. The molecule has 0 saturated heterocycles. The van der Waals surface area contributed by atoms with E-state index < -0.39 is 0 Å². The van der Waals surface area contributed by atoms with Crippen LogP contribution in [-0.4, -0.2) is 12.5 Å². The third-order valence-corrected chi connectivity index (χ3v) is 4.14. The molecule has 0 fully saturated rings. The van der Waals surface area contributed by atoms with Crippen LogP contribution in [0.2, 0.25) is 0 Å². The van der Waals surface area contributed by atoms with Gasteiger partial charge in [-0.05, 0) is 42.0 Å². The van der Waals surface area contributed by atoms with Crippen molar-refractivity contribution in [2.75, 3.05) is 17.2 Å². The van der Waals surface area contributed by atoms with E-state index in [0.29, 0.717) is 18.0 Å². The van der Waals surface area contributed by atoms with E-state index in [-0.39, 0.29) is 12.5 Å². The number of carbonyl (C=O) groups excluding carboxylic acids is 1. The molecule has 6 heteroatoms. The largest absolute Gasteiger partial charge is 0.482 e. The van der Waals surface area contributed by atoms with Crippen molar-refractivity contribution in [3.63, 3.8) is 0 Å². The standard InChI is InChI=1S/C15H12Br2N2O2/c16-10-1-2-14-13(6-10)19(15(20)8-21-14)7-9-3-11(17)5-12(18)4-9/h1-6H,7-8,18H2. The van der Waals surface area contributed by atoms with Crippen molar-refractivity contribution in [1.82, 2.24) is 0 Å².